The van der Waals surface area contributed by atoms with Crippen LogP contribution in [0.4, 0.5) is 8.78 Å². The molecule has 0 N–H and O–H groups in total. The van der Waals surface area contributed by atoms with Crippen LogP contribution in [-0.2, 0) is 0 Å². The average molecular weight is 362 g/mol. The summed E-state index contributed by atoms with van der Waals surface area (Å²) in [5, 5.41) is -0.0651. The third kappa shape index (κ3) is 3.35. The van der Waals surface area contributed by atoms with E-state index in [0.717, 1.165) is 6.07 Å². The Morgan fingerprint density at radius 3 is 2.60 bits per heavy atom. The number of carbonyl (C=O) groups excluding carboxylic acids is 1. The second-order valence-corrected chi connectivity index (χ2v) is 5.15. The maximum Gasteiger partial charge on any atom is 0.203 e. The van der Waals surface area contributed by atoms with E-state index in [2.05, 4.69) is 15.9 Å². The van der Waals surface area contributed by atoms with Gasteiger partial charge in [0.25, 0.3) is 0 Å². The number of hydrogen-bond donors (Lipinski definition) is 0. The smallest absolute Gasteiger partial charge is 0.203 e. The first-order valence-corrected chi connectivity index (χ1v) is 6.71. The van der Waals surface area contributed by atoms with E-state index in [-0.39, 0.29) is 16.3 Å². The van der Waals surface area contributed by atoms with E-state index < -0.39 is 24.0 Å². The zero-order chi connectivity index (χ0) is 14.7. The molecule has 0 unspecified atom stereocenters. The lowest BCUT2D eigenvalue weighted by atomic mass is 10.1. The van der Waals surface area contributed by atoms with E-state index in [1.165, 1.54) is 24.3 Å². The first-order chi connectivity index (χ1) is 9.49. The highest BCUT2D eigenvalue weighted by Gasteiger charge is 2.14. The average Bonchev–Trinajstić information content (AvgIpc) is 2.41. The van der Waals surface area contributed by atoms with E-state index in [1.807, 2.05) is 0 Å². The van der Waals surface area contributed by atoms with Gasteiger partial charge in [-0.3, -0.25) is 4.79 Å². The summed E-state index contributed by atoms with van der Waals surface area (Å²) in [6.07, 6.45) is 0. The van der Waals surface area contributed by atoms with Gasteiger partial charge >= 0.3 is 0 Å². The normalized spacial score (nSPS) is 10.4. The van der Waals surface area contributed by atoms with Crippen LogP contribution in [0, 0.1) is 11.6 Å². The maximum absolute atomic E-state index is 13.4. The maximum atomic E-state index is 13.4. The Morgan fingerprint density at radius 2 is 1.90 bits per heavy atom. The second-order valence-electron chi connectivity index (χ2n) is 3.89. The molecule has 2 aromatic rings. The van der Waals surface area contributed by atoms with Crippen LogP contribution >= 0.6 is 27.5 Å². The Morgan fingerprint density at radius 1 is 1.20 bits per heavy atom. The molecule has 0 saturated heterocycles. The second kappa shape index (κ2) is 6.33. The molecule has 20 heavy (non-hydrogen) atoms. The van der Waals surface area contributed by atoms with Gasteiger partial charge in [-0.15, -0.1) is 0 Å². The summed E-state index contributed by atoms with van der Waals surface area (Å²) >= 11 is 8.73. The number of halogens is 4. The predicted octanol–water partition coefficient (Wildman–Crippen LogP) is 4.64. The number of ketones is 1. The quantitative estimate of drug-likeness (QED) is 0.586. The van der Waals surface area contributed by atoms with E-state index in [4.69, 9.17) is 16.3 Å². The fraction of sp³-hybridized carbons (Fsp3) is 0.0714. The van der Waals surface area contributed by atoms with E-state index in [0.29, 0.717) is 4.47 Å². The van der Waals surface area contributed by atoms with Gasteiger partial charge in [-0.1, -0.05) is 23.7 Å². The van der Waals surface area contributed by atoms with E-state index >= 15 is 0 Å². The van der Waals surface area contributed by atoms with Crippen molar-refractivity contribution >= 4 is 33.3 Å². The molecule has 2 rings (SSSR count). The highest BCUT2D eigenvalue weighted by atomic mass is 79.9. The number of rotatable bonds is 4. The first kappa shape index (κ1) is 14.9. The van der Waals surface area contributed by atoms with E-state index in [9.17, 15) is 13.6 Å². The van der Waals surface area contributed by atoms with E-state index in [1.54, 1.807) is 6.07 Å². The zero-order valence-corrected chi connectivity index (χ0v) is 12.3. The number of hydrogen-bond acceptors (Lipinski definition) is 2. The molecule has 0 spiro atoms. The molecule has 2 nitrogen and oxygen atoms in total. The van der Waals surface area contributed by atoms with Gasteiger partial charge in [0.2, 0.25) is 5.78 Å². The van der Waals surface area contributed by atoms with Gasteiger partial charge in [0.05, 0.1) is 15.1 Å². The Labute approximate surface area is 127 Å². The van der Waals surface area contributed by atoms with Crippen LogP contribution in [-0.4, -0.2) is 12.4 Å². The van der Waals surface area contributed by atoms with Crippen LogP contribution < -0.4 is 4.74 Å². The zero-order valence-electron chi connectivity index (χ0n) is 10.00. The molecular weight excluding hydrogens is 354 g/mol. The van der Waals surface area contributed by atoms with Crippen molar-refractivity contribution in [2.24, 2.45) is 0 Å². The molecule has 0 heterocycles. The Hall–Kier alpha value is -1.46. The standard InChI is InChI=1S/C14H8BrClF2O2/c15-9-5-10(16)12(18)6-14(9)20-7-13(19)8-3-1-2-4-11(8)17/h1-6H,7H2. The molecule has 104 valence electrons. The number of carbonyl (C=O) groups is 1. The van der Waals surface area contributed by atoms with Gasteiger partial charge in [-0.05, 0) is 34.1 Å². The lowest BCUT2D eigenvalue weighted by Crippen LogP contribution is -2.13. The monoisotopic (exact) mass is 360 g/mol. The van der Waals surface area contributed by atoms with Gasteiger partial charge < -0.3 is 4.74 Å². The lowest BCUT2D eigenvalue weighted by Gasteiger charge is -2.09. The van der Waals surface area contributed by atoms with Crippen molar-refractivity contribution in [1.29, 1.82) is 0 Å². The van der Waals surface area contributed by atoms with Crippen molar-refractivity contribution in [3.63, 3.8) is 0 Å². The van der Waals surface area contributed by atoms with Gasteiger partial charge in [0, 0.05) is 6.07 Å². The Kier molecular flexibility index (Phi) is 4.73. The van der Waals surface area contributed by atoms with Gasteiger partial charge in [-0.25, -0.2) is 8.78 Å². The van der Waals surface area contributed by atoms with Crippen LogP contribution in [0.5, 0.6) is 5.75 Å². The SMILES string of the molecule is O=C(COc1cc(F)c(Cl)cc1Br)c1ccccc1F. The minimum atomic E-state index is -0.664. The summed E-state index contributed by atoms with van der Waals surface area (Å²) in [6.45, 7) is -0.402. The van der Waals surface area contributed by atoms with Crippen LogP contribution in [0.25, 0.3) is 0 Å². The Bertz CT molecular complexity index is 662. The molecule has 0 radical (unpaired) electrons. The molecule has 0 atom stereocenters. The van der Waals surface area contributed by atoms with Crippen molar-refractivity contribution < 1.29 is 18.3 Å². The molecule has 0 bridgehead atoms. The number of benzene rings is 2. The summed E-state index contributed by atoms with van der Waals surface area (Å²) in [5.41, 5.74) is -0.0712. The van der Waals surface area contributed by atoms with Crippen LogP contribution in [0.1, 0.15) is 10.4 Å². The third-order valence-corrected chi connectivity index (χ3v) is 3.42. The van der Waals surface area contributed by atoms with Gasteiger partial charge in [0.15, 0.2) is 6.61 Å². The Balaban J connectivity index is 2.12. The fourth-order valence-corrected chi connectivity index (χ4v) is 2.28. The number of ether oxygens (including phenoxy) is 1. The largest absolute Gasteiger partial charge is 0.484 e. The van der Waals surface area contributed by atoms with Crippen LogP contribution in [0.15, 0.2) is 40.9 Å². The van der Waals surface area contributed by atoms with Crippen molar-refractivity contribution in [2.45, 2.75) is 0 Å². The minimum Gasteiger partial charge on any atom is -0.484 e. The summed E-state index contributed by atoms with van der Waals surface area (Å²) in [7, 11) is 0. The third-order valence-electron chi connectivity index (χ3n) is 2.51. The van der Waals surface area contributed by atoms with Crippen LogP contribution in [0.2, 0.25) is 5.02 Å². The first-order valence-electron chi connectivity index (χ1n) is 5.54. The molecule has 0 aliphatic heterocycles. The van der Waals surface area contributed by atoms with Gasteiger partial charge in [0.1, 0.15) is 17.4 Å². The highest BCUT2D eigenvalue weighted by Crippen LogP contribution is 2.30. The molecule has 2 aromatic carbocycles. The molecule has 0 saturated carbocycles. The predicted molar refractivity (Wildman–Crippen MR) is 75.3 cm³/mol. The fourth-order valence-electron chi connectivity index (χ4n) is 1.52. The van der Waals surface area contributed by atoms with Crippen molar-refractivity contribution in [2.75, 3.05) is 6.61 Å². The molecule has 0 aliphatic rings. The summed E-state index contributed by atoms with van der Waals surface area (Å²) in [4.78, 5) is 11.8. The molecule has 0 aliphatic carbocycles. The minimum absolute atomic E-state index is 0.0651. The molecule has 0 aromatic heterocycles. The van der Waals surface area contributed by atoms with Crippen molar-refractivity contribution in [3.05, 3.63) is 63.1 Å². The molecule has 0 fully saturated rings. The van der Waals surface area contributed by atoms with Crippen molar-refractivity contribution in [1.82, 2.24) is 0 Å². The van der Waals surface area contributed by atoms with Gasteiger partial charge in [-0.2, -0.15) is 0 Å². The highest BCUT2D eigenvalue weighted by molar-refractivity contribution is 9.10. The summed E-state index contributed by atoms with van der Waals surface area (Å²) in [6, 6.07) is 7.96. The molecule has 0 amide bonds. The van der Waals surface area contributed by atoms with Crippen molar-refractivity contribution in [3.8, 4) is 5.75 Å². The molecular formula is C14H8BrClF2O2. The summed E-state index contributed by atoms with van der Waals surface area (Å²) < 4.78 is 32.3. The number of Topliss-reactive ketones (excluding diaryl/α,β-unsaturated/α-hetero) is 1. The topological polar surface area (TPSA) is 26.3 Å². The lowest BCUT2D eigenvalue weighted by molar-refractivity contribution is 0.0916. The summed E-state index contributed by atoms with van der Waals surface area (Å²) in [5.74, 6) is -1.70. The van der Waals surface area contributed by atoms with Crippen LogP contribution in [0.3, 0.4) is 0 Å². The molecule has 6 heteroatoms.